The quantitative estimate of drug-likeness (QED) is 0.260. The Morgan fingerprint density at radius 2 is 2.00 bits per heavy atom. The lowest BCUT2D eigenvalue weighted by Gasteiger charge is -2.07. The molecular formula is C22H12F3N3O2S2. The fourth-order valence-electron chi connectivity index (χ4n) is 2.76. The largest absolute Gasteiger partial charge is 0.457 e. The normalized spacial score (nSPS) is 11.9. The maximum absolute atomic E-state index is 12.9. The molecule has 0 radical (unpaired) electrons. The topological polar surface area (TPSA) is 78.9 Å². The summed E-state index contributed by atoms with van der Waals surface area (Å²) >= 11 is 2.74. The van der Waals surface area contributed by atoms with E-state index in [0.717, 1.165) is 22.7 Å². The highest BCUT2D eigenvalue weighted by Gasteiger charge is 2.30. The molecule has 0 fully saturated rings. The summed E-state index contributed by atoms with van der Waals surface area (Å²) < 4.78 is 44.3. The fraction of sp³-hybridized carbons (Fsp3) is 0.0455. The second kappa shape index (κ2) is 8.82. The number of thiophene rings is 1. The van der Waals surface area contributed by atoms with Crippen LogP contribution in [0.25, 0.3) is 28.0 Å². The van der Waals surface area contributed by atoms with Gasteiger partial charge in [-0.05, 0) is 35.7 Å². The highest BCUT2D eigenvalue weighted by atomic mass is 32.1. The summed E-state index contributed by atoms with van der Waals surface area (Å²) in [5.74, 6) is -0.334. The number of carbonyl (C=O) groups is 1. The first-order valence-corrected chi connectivity index (χ1v) is 10.8. The van der Waals surface area contributed by atoms with Crippen LogP contribution >= 0.6 is 22.7 Å². The van der Waals surface area contributed by atoms with Crippen LogP contribution in [0.4, 0.5) is 18.3 Å². The van der Waals surface area contributed by atoms with Crippen LogP contribution < -0.4 is 5.32 Å². The second-order valence-electron chi connectivity index (χ2n) is 6.42. The van der Waals surface area contributed by atoms with Crippen LogP contribution in [0, 0.1) is 11.3 Å². The smallest absolute Gasteiger partial charge is 0.416 e. The molecule has 0 atom stereocenters. The summed E-state index contributed by atoms with van der Waals surface area (Å²) in [6.07, 6.45) is -3.25. The van der Waals surface area contributed by atoms with Crippen LogP contribution in [0.3, 0.4) is 0 Å². The lowest BCUT2D eigenvalue weighted by atomic mass is 10.1. The Balaban J connectivity index is 1.51. The monoisotopic (exact) mass is 471 g/mol. The molecule has 1 N–H and O–H groups in total. The van der Waals surface area contributed by atoms with Gasteiger partial charge in [-0.25, -0.2) is 4.98 Å². The van der Waals surface area contributed by atoms with E-state index >= 15 is 0 Å². The zero-order valence-electron chi connectivity index (χ0n) is 16.0. The van der Waals surface area contributed by atoms with Gasteiger partial charge in [0.15, 0.2) is 5.13 Å². The van der Waals surface area contributed by atoms with Crippen LogP contribution in [0.5, 0.6) is 0 Å². The van der Waals surface area contributed by atoms with Gasteiger partial charge in [0.25, 0.3) is 5.91 Å². The number of hydrogen-bond donors (Lipinski definition) is 1. The van der Waals surface area contributed by atoms with Gasteiger partial charge in [0.2, 0.25) is 0 Å². The van der Waals surface area contributed by atoms with Crippen molar-refractivity contribution >= 4 is 39.8 Å². The van der Waals surface area contributed by atoms with E-state index in [1.165, 1.54) is 53.0 Å². The molecule has 3 aromatic heterocycles. The molecule has 1 aromatic carbocycles. The molecule has 10 heteroatoms. The van der Waals surface area contributed by atoms with Crippen molar-refractivity contribution < 1.29 is 22.4 Å². The number of rotatable bonds is 5. The molecule has 160 valence electrons. The molecule has 1 amide bonds. The first-order chi connectivity index (χ1) is 15.3. The first-order valence-electron chi connectivity index (χ1n) is 9.03. The molecule has 0 aliphatic rings. The van der Waals surface area contributed by atoms with Crippen LogP contribution in [-0.4, -0.2) is 10.9 Å². The molecule has 4 rings (SSSR count). The van der Waals surface area contributed by atoms with E-state index in [1.54, 1.807) is 11.4 Å². The van der Waals surface area contributed by atoms with E-state index in [1.807, 2.05) is 17.5 Å². The summed E-state index contributed by atoms with van der Waals surface area (Å²) in [6.45, 7) is 0. The Morgan fingerprint density at radius 3 is 2.72 bits per heavy atom. The minimum atomic E-state index is -4.48. The van der Waals surface area contributed by atoms with Crippen LogP contribution in [0.15, 0.2) is 69.3 Å². The van der Waals surface area contributed by atoms with Crippen molar-refractivity contribution in [2.24, 2.45) is 0 Å². The number of nitrogens with zero attached hydrogens (tertiary/aromatic N) is 2. The number of aromatic nitrogens is 1. The molecule has 0 aliphatic heterocycles. The van der Waals surface area contributed by atoms with Crippen molar-refractivity contribution in [2.45, 2.75) is 6.18 Å². The Bertz CT molecular complexity index is 1330. The molecule has 0 bridgehead atoms. The molecule has 0 saturated carbocycles. The molecule has 5 nitrogen and oxygen atoms in total. The minimum Gasteiger partial charge on any atom is -0.457 e. The fourth-order valence-corrected chi connectivity index (χ4v) is 4.22. The lowest BCUT2D eigenvalue weighted by Crippen LogP contribution is -2.13. The number of benzene rings is 1. The summed E-state index contributed by atoms with van der Waals surface area (Å²) in [5.41, 5.74) is -0.0837. The van der Waals surface area contributed by atoms with Gasteiger partial charge in [-0.1, -0.05) is 18.2 Å². The van der Waals surface area contributed by atoms with Crippen molar-refractivity contribution in [3.8, 4) is 28.0 Å². The maximum Gasteiger partial charge on any atom is 0.416 e. The molecule has 3 heterocycles. The van der Waals surface area contributed by atoms with E-state index in [0.29, 0.717) is 5.13 Å². The van der Waals surface area contributed by atoms with Crippen molar-refractivity contribution in [1.29, 1.82) is 5.26 Å². The standard InChI is InChI=1S/C22H12F3N3O2S2/c23-22(24,25)15-4-1-3-13(9-15)18-7-6-16(30-18)10-14(11-26)20(29)28-21-27-17(12-32-21)19-5-2-8-31-19/h1-10,12H,(H,27,28,29)/b14-10+. The van der Waals surface area contributed by atoms with Gasteiger partial charge in [-0.15, -0.1) is 22.7 Å². The summed E-state index contributed by atoms with van der Waals surface area (Å²) in [7, 11) is 0. The number of thiazole rings is 1. The van der Waals surface area contributed by atoms with E-state index in [-0.39, 0.29) is 22.7 Å². The Morgan fingerprint density at radius 1 is 1.16 bits per heavy atom. The van der Waals surface area contributed by atoms with Crippen LogP contribution in [0.1, 0.15) is 11.3 Å². The molecule has 32 heavy (non-hydrogen) atoms. The molecule has 0 aliphatic carbocycles. The van der Waals surface area contributed by atoms with E-state index in [4.69, 9.17) is 4.42 Å². The third-order valence-electron chi connectivity index (χ3n) is 4.25. The van der Waals surface area contributed by atoms with Crippen LogP contribution in [-0.2, 0) is 11.0 Å². The van der Waals surface area contributed by atoms with Crippen molar-refractivity contribution in [1.82, 2.24) is 4.98 Å². The minimum absolute atomic E-state index is 0.155. The predicted molar refractivity (Wildman–Crippen MR) is 117 cm³/mol. The highest BCUT2D eigenvalue weighted by Crippen LogP contribution is 2.33. The van der Waals surface area contributed by atoms with E-state index < -0.39 is 17.6 Å². The highest BCUT2D eigenvalue weighted by molar-refractivity contribution is 7.16. The van der Waals surface area contributed by atoms with Crippen molar-refractivity contribution in [3.63, 3.8) is 0 Å². The molecule has 4 aromatic rings. The van der Waals surface area contributed by atoms with E-state index in [9.17, 15) is 23.2 Å². The Hall–Kier alpha value is -3.68. The van der Waals surface area contributed by atoms with Gasteiger partial charge < -0.3 is 4.42 Å². The van der Waals surface area contributed by atoms with Crippen molar-refractivity contribution in [3.05, 3.63) is 76.2 Å². The van der Waals surface area contributed by atoms with Gasteiger partial charge in [0.1, 0.15) is 23.2 Å². The average molecular weight is 471 g/mol. The summed E-state index contributed by atoms with van der Waals surface area (Å²) in [5, 5.41) is 16.0. The molecule has 0 unspecified atom stereocenters. The van der Waals surface area contributed by atoms with Crippen molar-refractivity contribution in [2.75, 3.05) is 5.32 Å². The van der Waals surface area contributed by atoms with E-state index in [2.05, 4.69) is 10.3 Å². The second-order valence-corrected chi connectivity index (χ2v) is 8.23. The first kappa shape index (κ1) is 21.5. The van der Waals surface area contributed by atoms with Gasteiger partial charge in [-0.2, -0.15) is 18.4 Å². The average Bonchev–Trinajstić information content (AvgIpc) is 3.52. The number of halogens is 3. The number of hydrogen-bond acceptors (Lipinski definition) is 6. The van der Waals surface area contributed by atoms with Gasteiger partial charge in [0, 0.05) is 17.0 Å². The van der Waals surface area contributed by atoms with Gasteiger partial charge >= 0.3 is 6.18 Å². The zero-order valence-corrected chi connectivity index (χ0v) is 17.6. The van der Waals surface area contributed by atoms with Crippen LogP contribution in [0.2, 0.25) is 0 Å². The zero-order chi connectivity index (χ0) is 22.7. The molecule has 0 saturated heterocycles. The Labute approximate surface area is 188 Å². The third kappa shape index (κ3) is 4.80. The number of alkyl halides is 3. The number of anilines is 1. The predicted octanol–water partition coefficient (Wildman–Crippen LogP) is 6.70. The third-order valence-corrected chi connectivity index (χ3v) is 5.90. The number of carbonyl (C=O) groups excluding carboxylic acids is 1. The summed E-state index contributed by atoms with van der Waals surface area (Å²) in [6, 6.07) is 13.2. The number of furan rings is 1. The maximum atomic E-state index is 12.9. The lowest BCUT2D eigenvalue weighted by molar-refractivity contribution is -0.137. The number of nitriles is 1. The Kier molecular flexibility index (Phi) is 5.94. The van der Waals surface area contributed by atoms with Gasteiger partial charge in [-0.3, -0.25) is 10.1 Å². The van der Waals surface area contributed by atoms with Gasteiger partial charge in [0.05, 0.1) is 16.1 Å². The SMILES string of the molecule is N#C/C(=C\c1ccc(-c2cccc(C(F)(F)F)c2)o1)C(=O)Nc1nc(-c2cccs2)cs1. The summed E-state index contributed by atoms with van der Waals surface area (Å²) in [4.78, 5) is 17.8. The number of nitrogens with one attached hydrogen (secondary N) is 1. The molecule has 0 spiro atoms. The molecular weight excluding hydrogens is 459 g/mol. The number of amides is 1.